The zero-order valence-electron chi connectivity index (χ0n) is 51.0. The second-order valence-corrected chi connectivity index (χ2v) is 20.5. The molecule has 0 aliphatic carbocycles. The summed E-state index contributed by atoms with van der Waals surface area (Å²) in [5.74, 6) is -2.51. The zero-order chi connectivity index (χ0) is 67.1. The minimum absolute atomic E-state index is 0.0150. The van der Waals surface area contributed by atoms with Gasteiger partial charge in [0.2, 0.25) is 17.7 Å². The minimum atomic E-state index is -4.71. The number of carbonyl (C=O) groups is 4. The third-order valence-electron chi connectivity index (χ3n) is 13.2. The lowest BCUT2D eigenvalue weighted by atomic mass is 9.98. The van der Waals surface area contributed by atoms with E-state index in [1.54, 1.807) is 24.3 Å². The molecule has 2 aliphatic rings. The van der Waals surface area contributed by atoms with Gasteiger partial charge in [-0.3, -0.25) is 29.1 Å². The number of rotatable bonds is 47. The summed E-state index contributed by atoms with van der Waals surface area (Å²) >= 11 is 0. The first kappa shape index (κ1) is 77.5. The van der Waals surface area contributed by atoms with Crippen LogP contribution in [0.4, 0.5) is 38.0 Å². The van der Waals surface area contributed by atoms with E-state index in [1.165, 1.54) is 0 Å². The average molecular weight is 1340 g/mol. The summed E-state index contributed by atoms with van der Waals surface area (Å²) in [6.45, 7) is 2.82. The van der Waals surface area contributed by atoms with Crippen LogP contribution in [-0.4, -0.2) is 277 Å². The fraction of sp³-hybridized carbons (Fsp3) is 0.684. The highest BCUT2D eigenvalue weighted by Gasteiger charge is 2.41. The van der Waals surface area contributed by atoms with E-state index in [2.05, 4.69) is 46.5 Å². The van der Waals surface area contributed by atoms with E-state index < -0.39 is 96.8 Å². The van der Waals surface area contributed by atoms with Gasteiger partial charge in [0.05, 0.1) is 188 Å². The summed E-state index contributed by atoms with van der Waals surface area (Å²) in [5, 5.41) is 55.3. The van der Waals surface area contributed by atoms with Crippen LogP contribution in [0.1, 0.15) is 36.2 Å². The van der Waals surface area contributed by atoms with Gasteiger partial charge in [0, 0.05) is 25.9 Å². The van der Waals surface area contributed by atoms with Crippen molar-refractivity contribution in [3.8, 4) is 0 Å². The summed E-state index contributed by atoms with van der Waals surface area (Å²) in [6, 6.07) is 6.27. The lowest BCUT2D eigenvalue weighted by Crippen LogP contribution is -2.57. The maximum atomic E-state index is 13.0. The smallest absolute Gasteiger partial charge is 0.434 e. The van der Waals surface area contributed by atoms with Gasteiger partial charge in [-0.15, -0.1) is 0 Å². The highest BCUT2D eigenvalue weighted by atomic mass is 19.4. The molecule has 0 saturated carbocycles. The highest BCUT2D eigenvalue weighted by Crippen LogP contribution is 2.29. The molecule has 2 fully saturated rings. The first-order valence-corrected chi connectivity index (χ1v) is 29.8. The van der Waals surface area contributed by atoms with Crippen LogP contribution in [0.2, 0.25) is 0 Å². The molecule has 1 aromatic carbocycles. The van der Waals surface area contributed by atoms with Gasteiger partial charge in [0.15, 0.2) is 11.4 Å². The number of nitrogens with one attached hydrogen (secondary N) is 5. The quantitative estimate of drug-likeness (QED) is 0.0150. The Kier molecular flexibility index (Phi) is 36.4. The summed E-state index contributed by atoms with van der Waals surface area (Å²) in [5.41, 5.74) is -1.68. The van der Waals surface area contributed by atoms with Crippen molar-refractivity contribution in [2.45, 2.75) is 93.0 Å². The van der Waals surface area contributed by atoms with Crippen LogP contribution in [0.15, 0.2) is 55.1 Å². The first-order chi connectivity index (χ1) is 44.8. The molecule has 36 heteroatoms. The second-order valence-electron chi connectivity index (χ2n) is 20.5. The second kappa shape index (κ2) is 43.7. The van der Waals surface area contributed by atoms with Gasteiger partial charge in [0.1, 0.15) is 61.3 Å². The van der Waals surface area contributed by atoms with Crippen LogP contribution in [0.25, 0.3) is 0 Å². The Bertz CT molecular complexity index is 2450. The Morgan fingerprint density at radius 1 is 0.505 bits per heavy atom. The molecule has 0 unspecified atom stereocenters. The van der Waals surface area contributed by atoms with Crippen LogP contribution in [0, 0.1) is 0 Å². The molecule has 4 heterocycles. The fourth-order valence-corrected chi connectivity index (χ4v) is 8.37. The molecular weight excluding hydrogens is 1260 g/mol. The highest BCUT2D eigenvalue weighted by molar-refractivity contribution is 5.94. The predicted molar refractivity (Wildman–Crippen MR) is 309 cm³/mol. The first-order valence-electron chi connectivity index (χ1n) is 29.8. The molecule has 524 valence electrons. The fourth-order valence-electron chi connectivity index (χ4n) is 8.37. The standard InChI is InChI=1S/C57H83F6N9O21/c58-56(59,60)44-27-64-29-46(71-44)69-40-34-91-42(54(79)52(40)77)36-89-24-22-85-20-18-83-16-14-81-12-8-66-48(73)6-10-87-32-39(68-50(75)26-51(76)93-31-38-4-2-1-3-5-38)33-88-11-7-49(74)67-9-13-82-15-17-84-19-21-86-23-25-90-37-43-55(80)53(78)41(35-92-43)70-47-30-65-28-45(72-47)57(61,62)63/h1-5,27-30,39-43,52-55,77-80H,6-26,31-37H2,(H,66,73)(H,67,74)(H,68,75)(H,69,71)(H,70,72)/t40-,41-,42+,43+,52+,53+,54-,55-/m0/s1. The lowest BCUT2D eigenvalue weighted by molar-refractivity contribution is -0.161. The molecule has 93 heavy (non-hydrogen) atoms. The predicted octanol–water partition coefficient (Wildman–Crippen LogP) is -0.396. The van der Waals surface area contributed by atoms with E-state index in [1.807, 2.05) is 6.07 Å². The monoisotopic (exact) mass is 1340 g/mol. The van der Waals surface area contributed by atoms with Crippen molar-refractivity contribution >= 4 is 35.3 Å². The molecule has 0 spiro atoms. The number of aromatic nitrogens is 4. The minimum Gasteiger partial charge on any atom is -0.460 e. The number of benzene rings is 1. The van der Waals surface area contributed by atoms with Gasteiger partial charge in [-0.25, -0.2) is 9.97 Å². The SMILES string of the molecule is O=C(CCOCC(COCCC(=O)NCCOCCOCCOCCOC[C@H]1OC[C@H](Nc2cncc(C(F)(F)F)n2)[C@@H](O)[C@H]1O)NC(=O)CC(=O)OCc1ccccc1)NCCOCCOCCOCCOC[C@H]1OC[C@H](Nc2cncc(C(F)(F)F)n2)[C@@H](O)[C@H]1O. The van der Waals surface area contributed by atoms with Crippen LogP contribution in [-0.2, 0) is 99.7 Å². The average Bonchev–Trinajstić information content (AvgIpc) is 1.15. The Morgan fingerprint density at radius 3 is 1.31 bits per heavy atom. The van der Waals surface area contributed by atoms with E-state index in [0.29, 0.717) is 12.4 Å². The molecular formula is C57H83F6N9O21. The van der Waals surface area contributed by atoms with Crippen molar-refractivity contribution in [2.75, 3.05) is 169 Å². The van der Waals surface area contributed by atoms with Gasteiger partial charge in [-0.1, -0.05) is 30.3 Å². The number of halogens is 6. The number of esters is 1. The molecule has 30 nitrogen and oxygen atoms in total. The Hall–Kier alpha value is -6.20. The maximum absolute atomic E-state index is 13.0. The topological polar surface area (TPSA) is 381 Å². The van der Waals surface area contributed by atoms with Gasteiger partial charge >= 0.3 is 18.3 Å². The number of anilines is 2. The number of nitrogens with zero attached hydrogens (tertiary/aromatic N) is 4. The lowest BCUT2D eigenvalue weighted by Gasteiger charge is -2.38. The van der Waals surface area contributed by atoms with Crippen LogP contribution in [0.3, 0.4) is 0 Å². The van der Waals surface area contributed by atoms with Crippen LogP contribution >= 0.6 is 0 Å². The van der Waals surface area contributed by atoms with Gasteiger partial charge in [-0.05, 0) is 5.56 Å². The zero-order valence-corrected chi connectivity index (χ0v) is 51.0. The Labute approximate surface area is 531 Å². The van der Waals surface area contributed by atoms with Crippen molar-refractivity contribution < 1.29 is 128 Å². The van der Waals surface area contributed by atoms with Crippen molar-refractivity contribution in [3.05, 3.63) is 72.1 Å². The number of alkyl halides is 6. The molecule has 2 aliphatic heterocycles. The molecule has 2 saturated heterocycles. The van der Waals surface area contributed by atoms with E-state index in [4.69, 9.17) is 61.6 Å². The number of aliphatic hydroxyl groups is 4. The van der Waals surface area contributed by atoms with Crippen molar-refractivity contribution in [3.63, 3.8) is 0 Å². The molecule has 3 amide bonds. The summed E-state index contributed by atoms with van der Waals surface area (Å²) in [4.78, 5) is 64.0. The molecule has 0 bridgehead atoms. The van der Waals surface area contributed by atoms with E-state index in [9.17, 15) is 65.9 Å². The summed E-state index contributed by atoms with van der Waals surface area (Å²) in [7, 11) is 0. The molecule has 3 aromatic rings. The van der Waals surface area contributed by atoms with Crippen molar-refractivity contribution in [2.24, 2.45) is 0 Å². The largest absolute Gasteiger partial charge is 0.460 e. The van der Waals surface area contributed by atoms with Crippen molar-refractivity contribution in [1.29, 1.82) is 0 Å². The number of aliphatic hydroxyl groups excluding tert-OH is 4. The Balaban J connectivity index is 0.819. The number of carbonyl (C=O) groups excluding carboxylic acids is 4. The third kappa shape index (κ3) is 32.2. The normalized spacial score (nSPS) is 20.1. The van der Waals surface area contributed by atoms with E-state index in [-0.39, 0.29) is 201 Å². The molecule has 8 atom stereocenters. The summed E-state index contributed by atoms with van der Waals surface area (Å²) < 4.78 is 149. The maximum Gasteiger partial charge on any atom is 0.434 e. The molecule has 5 rings (SSSR count). The number of amides is 3. The van der Waals surface area contributed by atoms with Crippen LogP contribution < -0.4 is 26.6 Å². The van der Waals surface area contributed by atoms with Crippen molar-refractivity contribution in [1.82, 2.24) is 35.9 Å². The number of ether oxygens (including phenoxy) is 13. The van der Waals surface area contributed by atoms with Gasteiger partial charge in [-0.2, -0.15) is 26.3 Å². The van der Waals surface area contributed by atoms with Gasteiger partial charge < -0.3 is 109 Å². The number of hydrogen-bond acceptors (Lipinski definition) is 27. The molecule has 9 N–H and O–H groups in total. The third-order valence-corrected chi connectivity index (χ3v) is 13.2. The summed E-state index contributed by atoms with van der Waals surface area (Å²) in [6.07, 6.45) is -14.1. The Morgan fingerprint density at radius 2 is 0.903 bits per heavy atom. The number of hydrogen-bond donors (Lipinski definition) is 9. The van der Waals surface area contributed by atoms with Crippen LogP contribution in [0.5, 0.6) is 0 Å². The van der Waals surface area contributed by atoms with Gasteiger partial charge in [0.25, 0.3) is 0 Å². The molecule has 0 radical (unpaired) electrons. The molecule has 2 aromatic heterocycles. The van der Waals surface area contributed by atoms with E-state index >= 15 is 0 Å². The van der Waals surface area contributed by atoms with E-state index in [0.717, 1.165) is 18.0 Å².